The Labute approximate surface area is 143 Å². The number of carbonyl (C=O) groups is 1. The molecule has 2 N–H and O–H groups in total. The zero-order valence-electron chi connectivity index (χ0n) is 13.9. The van der Waals surface area contributed by atoms with Gasteiger partial charge in [0.1, 0.15) is 0 Å². The van der Waals surface area contributed by atoms with E-state index in [1.807, 2.05) is 7.05 Å². The van der Waals surface area contributed by atoms with Gasteiger partial charge in [0, 0.05) is 38.4 Å². The van der Waals surface area contributed by atoms with Gasteiger partial charge in [-0.1, -0.05) is 6.07 Å². The number of benzene rings is 1. The molecule has 0 spiro atoms. The van der Waals surface area contributed by atoms with Crippen LogP contribution in [0.3, 0.4) is 0 Å². The van der Waals surface area contributed by atoms with Crippen molar-refractivity contribution in [2.24, 2.45) is 5.92 Å². The first-order chi connectivity index (χ1) is 11.5. The average Bonchev–Trinajstić information content (AvgIpc) is 3.10. The summed E-state index contributed by atoms with van der Waals surface area (Å²) in [7, 11) is -1.54. The molecule has 1 aromatic carbocycles. The quantitative estimate of drug-likeness (QED) is 0.807. The van der Waals surface area contributed by atoms with E-state index in [0.717, 1.165) is 26.1 Å². The van der Waals surface area contributed by atoms with Gasteiger partial charge in [-0.15, -0.1) is 0 Å². The first-order valence-electron chi connectivity index (χ1n) is 8.27. The van der Waals surface area contributed by atoms with Crippen LogP contribution in [-0.4, -0.2) is 69.8 Å². The lowest BCUT2D eigenvalue weighted by atomic mass is 10.1. The van der Waals surface area contributed by atoms with E-state index in [4.69, 9.17) is 0 Å². The lowest BCUT2D eigenvalue weighted by Gasteiger charge is -2.31. The van der Waals surface area contributed by atoms with E-state index >= 15 is 0 Å². The third-order valence-electron chi connectivity index (χ3n) is 4.63. The Morgan fingerprint density at radius 1 is 1.25 bits per heavy atom. The van der Waals surface area contributed by atoms with Gasteiger partial charge in [0.25, 0.3) is 0 Å². The Hall–Kier alpha value is -1.48. The second-order valence-corrected chi connectivity index (χ2v) is 8.35. The molecule has 0 saturated carbocycles. The third kappa shape index (κ3) is 3.77. The van der Waals surface area contributed by atoms with Crippen molar-refractivity contribution in [3.05, 3.63) is 24.3 Å². The Morgan fingerprint density at radius 3 is 2.67 bits per heavy atom. The van der Waals surface area contributed by atoms with Crippen LogP contribution < -0.4 is 10.6 Å². The molecule has 1 atom stereocenters. The van der Waals surface area contributed by atoms with Gasteiger partial charge in [0.15, 0.2) is 0 Å². The highest BCUT2D eigenvalue weighted by Gasteiger charge is 2.28. The Kier molecular flexibility index (Phi) is 5.19. The summed E-state index contributed by atoms with van der Waals surface area (Å²) in [5, 5.41) is 5.99. The van der Waals surface area contributed by atoms with E-state index in [0.29, 0.717) is 25.3 Å². The molecule has 3 rings (SSSR count). The topological polar surface area (TPSA) is 81.8 Å². The van der Waals surface area contributed by atoms with Crippen LogP contribution in [0.25, 0.3) is 0 Å². The summed E-state index contributed by atoms with van der Waals surface area (Å²) in [6.07, 6.45) is 0.811. The molecule has 2 aliphatic rings. The third-order valence-corrected chi connectivity index (χ3v) is 6.53. The first-order valence-corrected chi connectivity index (χ1v) is 9.71. The number of sulfonamides is 1. The maximum Gasteiger partial charge on any atom is 0.243 e. The Balaban J connectivity index is 1.73. The number of nitrogens with zero attached hydrogens (tertiary/aromatic N) is 2. The highest BCUT2D eigenvalue weighted by molar-refractivity contribution is 7.89. The number of anilines is 1. The average molecular weight is 352 g/mol. The fourth-order valence-corrected chi connectivity index (χ4v) is 4.50. The lowest BCUT2D eigenvalue weighted by Crippen LogP contribution is -2.47. The van der Waals surface area contributed by atoms with Gasteiger partial charge in [-0.25, -0.2) is 8.42 Å². The molecule has 2 heterocycles. The largest absolute Gasteiger partial charge is 0.326 e. The summed E-state index contributed by atoms with van der Waals surface area (Å²) in [6.45, 7) is 3.95. The van der Waals surface area contributed by atoms with Gasteiger partial charge in [-0.3, -0.25) is 4.79 Å². The molecular weight excluding hydrogens is 328 g/mol. The summed E-state index contributed by atoms with van der Waals surface area (Å²) in [4.78, 5) is 14.5. The summed E-state index contributed by atoms with van der Waals surface area (Å²) < 4.78 is 27.1. The molecule has 7 nitrogen and oxygen atoms in total. The molecular formula is C16H24N4O3S. The number of hydrogen-bond donors (Lipinski definition) is 2. The predicted octanol–water partition coefficient (Wildman–Crippen LogP) is 0.171. The Bertz CT molecular complexity index is 693. The zero-order chi connectivity index (χ0) is 17.2. The van der Waals surface area contributed by atoms with Crippen LogP contribution in [-0.2, 0) is 14.8 Å². The van der Waals surface area contributed by atoms with Crippen LogP contribution in [0.1, 0.15) is 6.42 Å². The van der Waals surface area contributed by atoms with E-state index in [1.54, 1.807) is 24.3 Å². The number of nitrogens with one attached hydrogen (secondary N) is 2. The van der Waals surface area contributed by atoms with Crippen LogP contribution in [0.5, 0.6) is 0 Å². The van der Waals surface area contributed by atoms with Crippen LogP contribution >= 0.6 is 0 Å². The van der Waals surface area contributed by atoms with Crippen LogP contribution in [0, 0.1) is 5.92 Å². The normalized spacial score (nSPS) is 23.3. The highest BCUT2D eigenvalue weighted by Crippen LogP contribution is 2.21. The fourth-order valence-electron chi connectivity index (χ4n) is 3.03. The van der Waals surface area contributed by atoms with E-state index in [1.165, 1.54) is 4.31 Å². The van der Waals surface area contributed by atoms with Crippen LogP contribution in [0.4, 0.5) is 5.69 Å². The number of rotatable bonds is 4. The van der Waals surface area contributed by atoms with Crippen molar-refractivity contribution >= 4 is 21.6 Å². The highest BCUT2D eigenvalue weighted by atomic mass is 32.2. The molecule has 132 valence electrons. The van der Waals surface area contributed by atoms with Gasteiger partial charge in [-0.05, 0) is 38.2 Å². The van der Waals surface area contributed by atoms with Gasteiger partial charge in [0.05, 0.1) is 10.8 Å². The number of likely N-dealkylation sites (N-methyl/N-ethyl adjacent to an activating group) is 1. The number of carbonyl (C=O) groups excluding carboxylic acids is 1. The molecule has 0 aliphatic carbocycles. The summed E-state index contributed by atoms with van der Waals surface area (Å²) in [5.74, 6) is -0.114. The maximum atomic E-state index is 12.8. The number of piperazine rings is 1. The molecule has 1 aromatic rings. The molecule has 0 radical (unpaired) electrons. The van der Waals surface area contributed by atoms with Gasteiger partial charge in [-0.2, -0.15) is 4.31 Å². The first kappa shape index (κ1) is 17.3. The predicted molar refractivity (Wildman–Crippen MR) is 92.3 cm³/mol. The summed E-state index contributed by atoms with van der Waals surface area (Å²) in [5.41, 5.74) is 0.530. The van der Waals surface area contributed by atoms with Gasteiger partial charge < -0.3 is 15.5 Å². The molecule has 2 saturated heterocycles. The lowest BCUT2D eigenvalue weighted by molar-refractivity contribution is -0.119. The van der Waals surface area contributed by atoms with Crippen LogP contribution in [0.15, 0.2) is 29.2 Å². The summed E-state index contributed by atoms with van der Waals surface area (Å²) in [6, 6.07) is 6.53. The Morgan fingerprint density at radius 2 is 2.00 bits per heavy atom. The maximum absolute atomic E-state index is 12.8. The molecule has 2 aliphatic heterocycles. The van der Waals surface area contributed by atoms with E-state index < -0.39 is 10.0 Å². The molecule has 1 unspecified atom stereocenters. The van der Waals surface area contributed by atoms with Crippen molar-refractivity contribution in [1.82, 2.24) is 14.5 Å². The molecule has 1 amide bonds. The molecule has 8 heteroatoms. The van der Waals surface area contributed by atoms with Crippen molar-refractivity contribution < 1.29 is 13.2 Å². The minimum absolute atomic E-state index is 0.0529. The zero-order valence-corrected chi connectivity index (χ0v) is 14.7. The number of hydrogen-bond acceptors (Lipinski definition) is 5. The van der Waals surface area contributed by atoms with E-state index in [2.05, 4.69) is 15.5 Å². The van der Waals surface area contributed by atoms with Gasteiger partial charge >= 0.3 is 0 Å². The summed E-state index contributed by atoms with van der Waals surface area (Å²) >= 11 is 0. The van der Waals surface area contributed by atoms with Crippen molar-refractivity contribution in [3.8, 4) is 0 Å². The molecule has 0 bridgehead atoms. The monoisotopic (exact) mass is 352 g/mol. The van der Waals surface area contributed by atoms with E-state index in [9.17, 15) is 13.2 Å². The fraction of sp³-hybridized carbons (Fsp3) is 0.562. The smallest absolute Gasteiger partial charge is 0.243 e. The minimum atomic E-state index is -3.52. The molecule has 0 aromatic heterocycles. The van der Waals surface area contributed by atoms with Gasteiger partial charge in [0.2, 0.25) is 15.9 Å². The van der Waals surface area contributed by atoms with Crippen molar-refractivity contribution in [3.63, 3.8) is 0 Å². The second kappa shape index (κ2) is 7.18. The second-order valence-electron chi connectivity index (χ2n) is 6.41. The van der Waals surface area contributed by atoms with Crippen molar-refractivity contribution in [1.29, 1.82) is 0 Å². The standard InChI is InChI=1S/C16H24N4O3S/c1-19-7-9-20(10-8-19)24(22,23)15-4-2-3-14(11-15)18-16(21)13-5-6-17-12-13/h2-4,11,13,17H,5-10,12H2,1H3,(H,18,21). The SMILES string of the molecule is CN1CCN(S(=O)(=O)c2cccc(NC(=O)C3CCNC3)c2)CC1. The van der Waals surface area contributed by atoms with Crippen LogP contribution in [0.2, 0.25) is 0 Å². The van der Waals surface area contributed by atoms with Crippen molar-refractivity contribution in [2.45, 2.75) is 11.3 Å². The number of amides is 1. The minimum Gasteiger partial charge on any atom is -0.326 e. The van der Waals surface area contributed by atoms with E-state index in [-0.39, 0.29) is 16.7 Å². The molecule has 24 heavy (non-hydrogen) atoms. The molecule has 2 fully saturated rings. The van der Waals surface area contributed by atoms with Crippen molar-refractivity contribution in [2.75, 3.05) is 51.6 Å².